The molecule has 0 amide bonds. The van der Waals surface area contributed by atoms with Crippen molar-refractivity contribution in [1.82, 2.24) is 5.32 Å². The van der Waals surface area contributed by atoms with Crippen molar-refractivity contribution >= 4 is 23.0 Å². The Kier molecular flexibility index (Phi) is 6.23. The van der Waals surface area contributed by atoms with Gasteiger partial charge in [-0.15, -0.1) is 0 Å². The lowest BCUT2D eigenvalue weighted by Gasteiger charge is -2.22. The van der Waals surface area contributed by atoms with Crippen LogP contribution in [0.3, 0.4) is 0 Å². The van der Waals surface area contributed by atoms with E-state index in [-0.39, 0.29) is 6.04 Å². The molecular formula is C22H22N2OS. The molecule has 4 heteroatoms. The van der Waals surface area contributed by atoms with Crippen LogP contribution in [-0.4, -0.2) is 11.7 Å². The van der Waals surface area contributed by atoms with Gasteiger partial charge in [0.05, 0.1) is 18.3 Å². The molecule has 0 aliphatic carbocycles. The first-order valence-corrected chi connectivity index (χ1v) is 9.08. The minimum Gasteiger partial charge on any atom is -0.492 e. The summed E-state index contributed by atoms with van der Waals surface area (Å²) in [5, 5.41) is 7.24. The zero-order valence-electron chi connectivity index (χ0n) is 14.7. The van der Waals surface area contributed by atoms with Gasteiger partial charge in [-0.3, -0.25) is 0 Å². The summed E-state index contributed by atoms with van der Waals surface area (Å²) in [6.07, 6.45) is 0. The summed E-state index contributed by atoms with van der Waals surface area (Å²) in [6, 6.07) is 28.3. The van der Waals surface area contributed by atoms with Crippen molar-refractivity contribution in [3.63, 3.8) is 0 Å². The van der Waals surface area contributed by atoms with Gasteiger partial charge in [-0.1, -0.05) is 72.8 Å². The number of nitrogens with one attached hydrogen (secondary N) is 2. The van der Waals surface area contributed by atoms with Crippen molar-refractivity contribution in [3.8, 4) is 5.75 Å². The molecule has 0 radical (unpaired) electrons. The number of rotatable bonds is 6. The number of hydrogen-bond acceptors (Lipinski definition) is 2. The first-order valence-electron chi connectivity index (χ1n) is 8.67. The van der Waals surface area contributed by atoms with Crippen molar-refractivity contribution in [1.29, 1.82) is 0 Å². The molecule has 2 N–H and O–H groups in total. The van der Waals surface area contributed by atoms with E-state index in [1.807, 2.05) is 67.6 Å². The smallest absolute Gasteiger partial charge is 0.171 e. The Morgan fingerprint density at radius 2 is 1.38 bits per heavy atom. The van der Waals surface area contributed by atoms with Gasteiger partial charge in [0, 0.05) is 0 Å². The Labute approximate surface area is 160 Å². The highest BCUT2D eigenvalue weighted by Crippen LogP contribution is 2.25. The van der Waals surface area contributed by atoms with Crippen molar-refractivity contribution in [3.05, 3.63) is 96.1 Å². The van der Waals surface area contributed by atoms with Crippen LogP contribution in [0.4, 0.5) is 5.69 Å². The van der Waals surface area contributed by atoms with Crippen LogP contribution in [0, 0.1) is 0 Å². The second-order valence-corrected chi connectivity index (χ2v) is 6.19. The minimum atomic E-state index is -0.0309. The Hall–Kier alpha value is -2.85. The predicted molar refractivity (Wildman–Crippen MR) is 112 cm³/mol. The maximum atomic E-state index is 5.66. The lowest BCUT2D eigenvalue weighted by Crippen LogP contribution is -2.33. The maximum absolute atomic E-state index is 5.66. The van der Waals surface area contributed by atoms with Crippen molar-refractivity contribution in [2.75, 3.05) is 11.9 Å². The van der Waals surface area contributed by atoms with Gasteiger partial charge in [0.2, 0.25) is 0 Å². The molecule has 0 atom stereocenters. The van der Waals surface area contributed by atoms with Gasteiger partial charge >= 0.3 is 0 Å². The number of ether oxygens (including phenoxy) is 1. The molecule has 0 unspecified atom stereocenters. The molecule has 0 bridgehead atoms. The van der Waals surface area contributed by atoms with E-state index in [9.17, 15) is 0 Å². The Balaban J connectivity index is 1.80. The van der Waals surface area contributed by atoms with Crippen molar-refractivity contribution < 1.29 is 4.74 Å². The van der Waals surface area contributed by atoms with Crippen molar-refractivity contribution in [2.24, 2.45) is 0 Å². The van der Waals surface area contributed by atoms with E-state index < -0.39 is 0 Å². The first-order chi connectivity index (χ1) is 12.8. The summed E-state index contributed by atoms with van der Waals surface area (Å²) in [4.78, 5) is 0. The van der Waals surface area contributed by atoms with Gasteiger partial charge in [0.25, 0.3) is 0 Å². The zero-order chi connectivity index (χ0) is 18.2. The largest absolute Gasteiger partial charge is 0.492 e. The second-order valence-electron chi connectivity index (χ2n) is 5.78. The van der Waals surface area contributed by atoms with Gasteiger partial charge in [0.15, 0.2) is 5.11 Å². The molecular weight excluding hydrogens is 340 g/mol. The summed E-state index contributed by atoms with van der Waals surface area (Å²) in [5.74, 6) is 0.787. The van der Waals surface area contributed by atoms with Gasteiger partial charge in [0.1, 0.15) is 5.75 Å². The van der Waals surface area contributed by atoms with Crippen LogP contribution in [0.15, 0.2) is 84.9 Å². The topological polar surface area (TPSA) is 33.3 Å². The lowest BCUT2D eigenvalue weighted by molar-refractivity contribution is 0.342. The number of thiocarbonyl (C=S) groups is 1. The average Bonchev–Trinajstić information content (AvgIpc) is 2.69. The summed E-state index contributed by atoms with van der Waals surface area (Å²) in [5.41, 5.74) is 3.16. The van der Waals surface area contributed by atoms with Crippen LogP contribution in [0.25, 0.3) is 0 Å². The Morgan fingerprint density at radius 1 is 0.846 bits per heavy atom. The molecule has 26 heavy (non-hydrogen) atoms. The van der Waals surface area contributed by atoms with E-state index in [1.54, 1.807) is 0 Å². The van der Waals surface area contributed by atoms with Crippen LogP contribution in [0.2, 0.25) is 0 Å². The highest BCUT2D eigenvalue weighted by molar-refractivity contribution is 7.80. The SMILES string of the molecule is CCOc1ccccc1NC(=S)NC(c1ccccc1)c1ccccc1. The number of anilines is 1. The maximum Gasteiger partial charge on any atom is 0.171 e. The molecule has 0 saturated heterocycles. The van der Waals surface area contributed by atoms with Crippen LogP contribution in [-0.2, 0) is 0 Å². The number of benzene rings is 3. The molecule has 3 aromatic rings. The summed E-state index contributed by atoms with van der Waals surface area (Å²) in [7, 11) is 0. The number of para-hydroxylation sites is 2. The quantitative estimate of drug-likeness (QED) is 0.593. The fourth-order valence-electron chi connectivity index (χ4n) is 2.79. The van der Waals surface area contributed by atoms with E-state index in [4.69, 9.17) is 17.0 Å². The fourth-order valence-corrected chi connectivity index (χ4v) is 3.02. The minimum absolute atomic E-state index is 0.0309. The van der Waals surface area contributed by atoms with Crippen molar-refractivity contribution in [2.45, 2.75) is 13.0 Å². The molecule has 3 nitrogen and oxygen atoms in total. The van der Waals surface area contributed by atoms with Crippen LogP contribution < -0.4 is 15.4 Å². The summed E-state index contributed by atoms with van der Waals surface area (Å²) in [6.45, 7) is 2.57. The monoisotopic (exact) mass is 362 g/mol. The highest BCUT2D eigenvalue weighted by atomic mass is 32.1. The van der Waals surface area contributed by atoms with Gasteiger partial charge in [-0.2, -0.15) is 0 Å². The molecule has 0 aliphatic heterocycles. The molecule has 132 valence electrons. The van der Waals surface area contributed by atoms with Gasteiger partial charge in [-0.05, 0) is 42.4 Å². The molecule has 0 aliphatic rings. The molecule has 3 aromatic carbocycles. The Bertz CT molecular complexity index is 798. The normalized spacial score (nSPS) is 10.4. The molecule has 0 heterocycles. The summed E-state index contributed by atoms with van der Waals surface area (Å²) < 4.78 is 5.66. The van der Waals surface area contributed by atoms with E-state index >= 15 is 0 Å². The molecule has 0 fully saturated rings. The van der Waals surface area contributed by atoms with E-state index in [0.717, 1.165) is 22.6 Å². The first kappa shape index (κ1) is 18.0. The second kappa shape index (κ2) is 9.02. The van der Waals surface area contributed by atoms with Gasteiger partial charge < -0.3 is 15.4 Å². The van der Waals surface area contributed by atoms with Crippen LogP contribution in [0.5, 0.6) is 5.75 Å². The summed E-state index contributed by atoms with van der Waals surface area (Å²) >= 11 is 5.58. The fraction of sp³-hybridized carbons (Fsp3) is 0.136. The third kappa shape index (κ3) is 4.61. The standard InChI is InChI=1S/C22H22N2OS/c1-2-25-20-16-10-9-15-19(20)23-22(26)24-21(17-11-5-3-6-12-17)18-13-7-4-8-14-18/h3-16,21H,2H2,1H3,(H2,23,24,26). The third-order valence-electron chi connectivity index (χ3n) is 3.98. The van der Waals surface area contributed by atoms with E-state index in [2.05, 4.69) is 34.9 Å². The molecule has 3 rings (SSSR count). The number of hydrogen-bond donors (Lipinski definition) is 2. The molecule has 0 saturated carbocycles. The highest BCUT2D eigenvalue weighted by Gasteiger charge is 2.15. The third-order valence-corrected chi connectivity index (χ3v) is 4.20. The van der Waals surface area contributed by atoms with Gasteiger partial charge in [-0.25, -0.2) is 0 Å². The van der Waals surface area contributed by atoms with E-state index in [1.165, 1.54) is 0 Å². The van der Waals surface area contributed by atoms with Crippen LogP contribution >= 0.6 is 12.2 Å². The molecule has 0 aromatic heterocycles. The zero-order valence-corrected chi connectivity index (χ0v) is 15.5. The van der Waals surface area contributed by atoms with Crippen LogP contribution in [0.1, 0.15) is 24.1 Å². The van der Waals surface area contributed by atoms with E-state index in [0.29, 0.717) is 11.7 Å². The molecule has 0 spiro atoms. The average molecular weight is 362 g/mol. The predicted octanol–water partition coefficient (Wildman–Crippen LogP) is 5.16. The lowest BCUT2D eigenvalue weighted by atomic mass is 9.99. The Morgan fingerprint density at radius 3 is 1.96 bits per heavy atom.